The highest BCUT2D eigenvalue weighted by molar-refractivity contribution is 7.13. The summed E-state index contributed by atoms with van der Waals surface area (Å²) in [6.07, 6.45) is 3.71. The zero-order valence-electron chi connectivity index (χ0n) is 21.5. The van der Waals surface area contributed by atoms with Gasteiger partial charge in [-0.3, -0.25) is 19.2 Å². The quantitative estimate of drug-likeness (QED) is 0.493. The van der Waals surface area contributed by atoms with Crippen LogP contribution in [0.15, 0.2) is 18.3 Å². The van der Waals surface area contributed by atoms with Crippen molar-refractivity contribution >= 4 is 40.8 Å². The molecule has 0 unspecified atom stereocenters. The molecule has 3 atom stereocenters. The number of fused-ring (bicyclic) bond motifs is 1. The Bertz CT molecular complexity index is 1180. The Labute approximate surface area is 220 Å². The van der Waals surface area contributed by atoms with E-state index in [0.717, 1.165) is 35.6 Å². The zero-order valence-corrected chi connectivity index (χ0v) is 22.4. The van der Waals surface area contributed by atoms with Crippen LogP contribution in [-0.4, -0.2) is 83.2 Å². The third-order valence-electron chi connectivity index (χ3n) is 6.75. The second-order valence-electron chi connectivity index (χ2n) is 9.95. The van der Waals surface area contributed by atoms with E-state index in [4.69, 9.17) is 0 Å². The van der Waals surface area contributed by atoms with Gasteiger partial charge in [0.25, 0.3) is 5.91 Å². The number of carbonyl (C=O) groups excluding carboxylic acids is 4. The van der Waals surface area contributed by atoms with Crippen LogP contribution in [0.1, 0.15) is 45.2 Å². The summed E-state index contributed by atoms with van der Waals surface area (Å²) in [5.41, 5.74) is 1.88. The number of hydrogen-bond acceptors (Lipinski definition) is 8. The van der Waals surface area contributed by atoms with Crippen molar-refractivity contribution in [2.24, 2.45) is 5.92 Å². The Morgan fingerprint density at radius 1 is 1.08 bits per heavy atom. The number of nitrogens with one attached hydrogen (secondary N) is 3. The standard InChI is InChI=1S/C25H33N7O4S/c1-14-5-8-20(26-12-14)30-22(34)21(33)27-16-7-6-15(25(36)31(2)3)11-18(16)28-23(35)24-29-17-9-10-32(4)13-19(17)37-24/h5,8,12,15-16,18H,6-7,9-11,13H2,1-4H3,(H,27,33)(H,28,35)(H,26,30,34)/t15-,16-,18-/m0/s1. The molecule has 0 aromatic carbocycles. The number of pyridine rings is 1. The summed E-state index contributed by atoms with van der Waals surface area (Å²) in [5.74, 6) is -2.05. The van der Waals surface area contributed by atoms with Gasteiger partial charge in [0.05, 0.1) is 11.7 Å². The van der Waals surface area contributed by atoms with E-state index in [1.54, 1.807) is 32.4 Å². The molecule has 1 aliphatic carbocycles. The number of thiazole rings is 1. The Morgan fingerprint density at radius 2 is 1.86 bits per heavy atom. The molecule has 1 aliphatic heterocycles. The minimum atomic E-state index is -0.843. The van der Waals surface area contributed by atoms with Gasteiger partial charge in [-0.2, -0.15) is 0 Å². The van der Waals surface area contributed by atoms with Crippen LogP contribution in [-0.2, 0) is 27.3 Å². The van der Waals surface area contributed by atoms with Gasteiger partial charge >= 0.3 is 11.8 Å². The molecule has 0 radical (unpaired) electrons. The van der Waals surface area contributed by atoms with Gasteiger partial charge in [0.2, 0.25) is 5.91 Å². The van der Waals surface area contributed by atoms with Crippen LogP contribution in [0, 0.1) is 12.8 Å². The maximum Gasteiger partial charge on any atom is 0.314 e. The molecule has 37 heavy (non-hydrogen) atoms. The summed E-state index contributed by atoms with van der Waals surface area (Å²) in [5, 5.41) is 8.61. The lowest BCUT2D eigenvalue weighted by Gasteiger charge is -2.37. The van der Waals surface area contributed by atoms with E-state index in [2.05, 4.69) is 30.8 Å². The van der Waals surface area contributed by atoms with Gasteiger partial charge < -0.3 is 25.8 Å². The van der Waals surface area contributed by atoms with Crippen LogP contribution in [0.25, 0.3) is 0 Å². The van der Waals surface area contributed by atoms with Gasteiger partial charge in [-0.15, -0.1) is 11.3 Å². The van der Waals surface area contributed by atoms with Crippen molar-refractivity contribution in [1.29, 1.82) is 0 Å². The lowest BCUT2D eigenvalue weighted by Crippen LogP contribution is -2.57. The topological polar surface area (TPSA) is 137 Å². The fourth-order valence-electron chi connectivity index (χ4n) is 4.69. The third-order valence-corrected chi connectivity index (χ3v) is 7.83. The number of anilines is 1. The first kappa shape index (κ1) is 26.7. The molecule has 4 rings (SSSR count). The number of carbonyl (C=O) groups is 4. The highest BCUT2D eigenvalue weighted by Gasteiger charge is 2.37. The lowest BCUT2D eigenvalue weighted by atomic mass is 9.81. The average molecular weight is 528 g/mol. The van der Waals surface area contributed by atoms with E-state index in [9.17, 15) is 19.2 Å². The van der Waals surface area contributed by atoms with Gasteiger partial charge in [0.15, 0.2) is 5.01 Å². The summed E-state index contributed by atoms with van der Waals surface area (Å²) in [6, 6.07) is 2.35. The van der Waals surface area contributed by atoms with Crippen LogP contribution in [0.2, 0.25) is 0 Å². The van der Waals surface area contributed by atoms with E-state index in [1.165, 1.54) is 16.2 Å². The summed E-state index contributed by atoms with van der Waals surface area (Å²) in [6.45, 7) is 3.52. The Kier molecular flexibility index (Phi) is 8.18. The van der Waals surface area contributed by atoms with Gasteiger partial charge in [0.1, 0.15) is 5.82 Å². The summed E-state index contributed by atoms with van der Waals surface area (Å²) in [7, 11) is 5.43. The van der Waals surface area contributed by atoms with Crippen molar-refractivity contribution in [1.82, 2.24) is 30.4 Å². The van der Waals surface area contributed by atoms with Crippen LogP contribution < -0.4 is 16.0 Å². The SMILES string of the molecule is Cc1ccc(NC(=O)C(=O)N[C@H]2CC[C@H](C(=O)N(C)C)C[C@@H]2NC(=O)c2nc3c(s2)CN(C)CC3)nc1. The van der Waals surface area contributed by atoms with Crippen molar-refractivity contribution in [3.63, 3.8) is 0 Å². The molecule has 11 nitrogen and oxygen atoms in total. The van der Waals surface area contributed by atoms with Crippen LogP contribution >= 0.6 is 11.3 Å². The first-order valence-corrected chi connectivity index (χ1v) is 13.2. The van der Waals surface area contributed by atoms with Crippen molar-refractivity contribution < 1.29 is 19.2 Å². The zero-order chi connectivity index (χ0) is 26.7. The smallest absolute Gasteiger partial charge is 0.314 e. The first-order valence-electron chi connectivity index (χ1n) is 12.3. The molecule has 3 N–H and O–H groups in total. The Hall–Kier alpha value is -3.38. The number of aryl methyl sites for hydroxylation is 1. The second-order valence-corrected chi connectivity index (χ2v) is 11.0. The monoisotopic (exact) mass is 527 g/mol. The molecule has 0 bridgehead atoms. The Balaban J connectivity index is 1.45. The summed E-state index contributed by atoms with van der Waals surface area (Å²) >= 11 is 1.37. The minimum Gasteiger partial charge on any atom is -0.349 e. The Morgan fingerprint density at radius 3 is 2.57 bits per heavy atom. The molecule has 12 heteroatoms. The van der Waals surface area contributed by atoms with E-state index >= 15 is 0 Å². The highest BCUT2D eigenvalue weighted by atomic mass is 32.1. The van der Waals surface area contributed by atoms with Crippen LogP contribution in [0.3, 0.4) is 0 Å². The van der Waals surface area contributed by atoms with Crippen LogP contribution in [0.4, 0.5) is 5.82 Å². The first-order chi connectivity index (χ1) is 17.6. The number of aromatic nitrogens is 2. The van der Waals surface area contributed by atoms with Gasteiger partial charge in [-0.25, -0.2) is 9.97 Å². The average Bonchev–Trinajstić information content (AvgIpc) is 3.29. The second kappa shape index (κ2) is 11.3. The van der Waals surface area contributed by atoms with E-state index in [0.29, 0.717) is 24.3 Å². The molecule has 2 aromatic rings. The van der Waals surface area contributed by atoms with E-state index in [-0.39, 0.29) is 23.6 Å². The van der Waals surface area contributed by atoms with Crippen molar-refractivity contribution in [2.75, 3.05) is 33.0 Å². The number of hydrogen-bond donors (Lipinski definition) is 3. The van der Waals surface area contributed by atoms with E-state index < -0.39 is 23.9 Å². The van der Waals surface area contributed by atoms with E-state index in [1.807, 2.05) is 14.0 Å². The number of likely N-dealkylation sites (N-methyl/N-ethyl adjacent to an activating group) is 1. The number of amides is 4. The number of rotatable bonds is 5. The molecule has 3 heterocycles. The van der Waals surface area contributed by atoms with Crippen molar-refractivity contribution in [3.8, 4) is 0 Å². The maximum absolute atomic E-state index is 13.2. The van der Waals surface area contributed by atoms with Gasteiger partial charge in [0, 0.05) is 56.6 Å². The molecular weight excluding hydrogens is 494 g/mol. The summed E-state index contributed by atoms with van der Waals surface area (Å²) in [4.78, 5) is 64.5. The van der Waals surface area contributed by atoms with Crippen LogP contribution in [0.5, 0.6) is 0 Å². The fourth-order valence-corrected chi connectivity index (χ4v) is 5.78. The van der Waals surface area contributed by atoms with Crippen molar-refractivity contribution in [3.05, 3.63) is 39.5 Å². The molecule has 2 aliphatic rings. The largest absolute Gasteiger partial charge is 0.349 e. The fraction of sp³-hybridized carbons (Fsp3) is 0.520. The normalized spacial score (nSPS) is 21.5. The molecule has 4 amide bonds. The molecular formula is C25H33N7O4S. The highest BCUT2D eigenvalue weighted by Crippen LogP contribution is 2.28. The van der Waals surface area contributed by atoms with Gasteiger partial charge in [-0.1, -0.05) is 6.07 Å². The van der Waals surface area contributed by atoms with Gasteiger partial charge in [-0.05, 0) is 44.9 Å². The molecule has 1 fully saturated rings. The maximum atomic E-state index is 13.2. The minimum absolute atomic E-state index is 0.0278. The lowest BCUT2D eigenvalue weighted by molar-refractivity contribution is -0.137. The molecule has 0 saturated heterocycles. The molecule has 2 aromatic heterocycles. The van der Waals surface area contributed by atoms with Crippen molar-refractivity contribution in [2.45, 2.75) is 51.2 Å². The molecule has 1 saturated carbocycles. The third kappa shape index (κ3) is 6.50. The molecule has 0 spiro atoms. The predicted octanol–water partition coefficient (Wildman–Crippen LogP) is 0.945. The molecule has 198 valence electrons. The summed E-state index contributed by atoms with van der Waals surface area (Å²) < 4.78 is 0. The predicted molar refractivity (Wildman–Crippen MR) is 139 cm³/mol. The number of nitrogens with zero attached hydrogens (tertiary/aromatic N) is 4.